The number of amides is 1. The summed E-state index contributed by atoms with van der Waals surface area (Å²) in [6, 6.07) is -0.187. The molecular weight excluding hydrogens is 290 g/mol. The number of carbonyl (C=O) groups is 2. The van der Waals surface area contributed by atoms with Gasteiger partial charge in [-0.15, -0.1) is 0 Å². The van der Waals surface area contributed by atoms with Crippen molar-refractivity contribution in [3.8, 4) is 0 Å². The first-order valence-corrected chi connectivity index (χ1v) is 8.67. The molecule has 0 aromatic rings. The molecule has 1 amide bonds. The number of hydrogen-bond donors (Lipinski definition) is 2. The number of rotatable bonds is 8. The van der Waals surface area contributed by atoms with Crippen molar-refractivity contribution in [3.63, 3.8) is 0 Å². The topological polar surface area (TPSA) is 61.4 Å². The molecule has 132 valence electrons. The summed E-state index contributed by atoms with van der Waals surface area (Å²) in [7, 11) is 0. The van der Waals surface area contributed by atoms with Crippen LogP contribution in [-0.4, -0.2) is 47.3 Å². The van der Waals surface area contributed by atoms with E-state index >= 15 is 0 Å². The van der Waals surface area contributed by atoms with Crippen molar-refractivity contribution >= 4 is 11.7 Å². The molecule has 1 saturated heterocycles. The van der Waals surface area contributed by atoms with Gasteiger partial charge >= 0.3 is 0 Å². The number of carbonyl (C=O) groups excluding carboxylic acids is 2. The third-order valence-corrected chi connectivity index (χ3v) is 4.38. The van der Waals surface area contributed by atoms with Gasteiger partial charge in [-0.05, 0) is 32.6 Å². The van der Waals surface area contributed by atoms with E-state index < -0.39 is 0 Å². The van der Waals surface area contributed by atoms with Gasteiger partial charge in [-0.25, -0.2) is 0 Å². The van der Waals surface area contributed by atoms with Crippen molar-refractivity contribution in [1.82, 2.24) is 15.5 Å². The summed E-state index contributed by atoms with van der Waals surface area (Å²) < 4.78 is 0. The van der Waals surface area contributed by atoms with Crippen LogP contribution in [0.3, 0.4) is 0 Å². The molecule has 1 heterocycles. The smallest absolute Gasteiger partial charge is 0.245 e. The molecule has 1 fully saturated rings. The van der Waals surface area contributed by atoms with Crippen molar-refractivity contribution in [2.24, 2.45) is 5.92 Å². The highest BCUT2D eigenvalue weighted by atomic mass is 16.2. The molecule has 5 heteroatoms. The minimum absolute atomic E-state index is 0.00981. The Balaban J connectivity index is 2.80. The minimum atomic E-state index is -0.348. The zero-order valence-corrected chi connectivity index (χ0v) is 15.5. The predicted molar refractivity (Wildman–Crippen MR) is 94.1 cm³/mol. The number of ketones is 1. The molecule has 0 saturated carbocycles. The second-order valence-corrected chi connectivity index (χ2v) is 7.23. The van der Waals surface area contributed by atoms with Crippen molar-refractivity contribution in [2.75, 3.05) is 6.54 Å². The van der Waals surface area contributed by atoms with E-state index in [-0.39, 0.29) is 35.7 Å². The van der Waals surface area contributed by atoms with Crippen molar-refractivity contribution < 1.29 is 9.59 Å². The Labute approximate surface area is 140 Å². The normalized spacial score (nSPS) is 20.7. The first-order chi connectivity index (χ1) is 10.6. The first-order valence-electron chi connectivity index (χ1n) is 8.67. The van der Waals surface area contributed by atoms with Crippen LogP contribution in [0.2, 0.25) is 0 Å². The lowest BCUT2D eigenvalue weighted by molar-refractivity contribution is -0.139. The van der Waals surface area contributed by atoms with Gasteiger partial charge in [0.2, 0.25) is 5.91 Å². The van der Waals surface area contributed by atoms with Crippen molar-refractivity contribution in [3.05, 3.63) is 12.3 Å². The molecule has 0 spiro atoms. The maximum atomic E-state index is 12.9. The third-order valence-electron chi connectivity index (χ3n) is 4.38. The number of likely N-dealkylation sites (tertiary alicyclic amines) is 1. The Morgan fingerprint density at radius 1 is 1.17 bits per heavy atom. The van der Waals surface area contributed by atoms with Gasteiger partial charge in [-0.2, -0.15) is 0 Å². The van der Waals surface area contributed by atoms with E-state index in [1.807, 2.05) is 20.8 Å². The van der Waals surface area contributed by atoms with E-state index in [1.165, 1.54) is 0 Å². The molecule has 0 radical (unpaired) electrons. The van der Waals surface area contributed by atoms with Gasteiger partial charge in [-0.3, -0.25) is 9.59 Å². The maximum absolute atomic E-state index is 12.9. The highest BCUT2D eigenvalue weighted by Gasteiger charge is 2.36. The van der Waals surface area contributed by atoms with Crippen LogP contribution in [0.4, 0.5) is 0 Å². The van der Waals surface area contributed by atoms with Crippen LogP contribution in [0.5, 0.6) is 0 Å². The molecule has 0 aliphatic carbocycles. The van der Waals surface area contributed by atoms with Gasteiger partial charge in [0.1, 0.15) is 6.04 Å². The van der Waals surface area contributed by atoms with Crippen molar-refractivity contribution in [2.45, 2.75) is 78.6 Å². The average Bonchev–Trinajstić information content (AvgIpc) is 2.92. The van der Waals surface area contributed by atoms with E-state index in [4.69, 9.17) is 0 Å². The third kappa shape index (κ3) is 5.34. The Bertz CT molecular complexity index is 446. The summed E-state index contributed by atoms with van der Waals surface area (Å²) in [4.78, 5) is 26.4. The first kappa shape index (κ1) is 19.7. The zero-order chi connectivity index (χ0) is 17.7. The van der Waals surface area contributed by atoms with Crippen LogP contribution >= 0.6 is 0 Å². The van der Waals surface area contributed by atoms with Gasteiger partial charge < -0.3 is 15.5 Å². The molecule has 1 aliphatic heterocycles. The van der Waals surface area contributed by atoms with Crippen LogP contribution in [-0.2, 0) is 9.59 Å². The van der Waals surface area contributed by atoms with Crippen LogP contribution in [0.25, 0.3) is 0 Å². The maximum Gasteiger partial charge on any atom is 0.245 e. The highest BCUT2D eigenvalue weighted by Crippen LogP contribution is 2.21. The molecule has 2 N–H and O–H groups in total. The lowest BCUT2D eigenvalue weighted by atomic mass is 10.0. The van der Waals surface area contributed by atoms with Gasteiger partial charge in [0.25, 0.3) is 0 Å². The summed E-state index contributed by atoms with van der Waals surface area (Å²) in [6.45, 7) is 16.5. The second kappa shape index (κ2) is 8.48. The summed E-state index contributed by atoms with van der Waals surface area (Å²) in [5.41, 5.74) is 0.810. The molecular formula is C18H33N3O2. The summed E-state index contributed by atoms with van der Waals surface area (Å²) in [5, 5.41) is 6.68. The molecule has 3 atom stereocenters. The Morgan fingerprint density at radius 2 is 1.78 bits per heavy atom. The van der Waals surface area contributed by atoms with E-state index in [0.29, 0.717) is 12.6 Å². The number of Topliss-reactive ketones (excluding diaryl/α,β-unsaturated/α-hetero) is 1. The fourth-order valence-corrected chi connectivity index (χ4v) is 3.07. The number of nitrogens with one attached hydrogen (secondary N) is 2. The quantitative estimate of drug-likeness (QED) is 0.718. The second-order valence-electron chi connectivity index (χ2n) is 7.23. The highest BCUT2D eigenvalue weighted by molar-refractivity contribution is 5.90. The largest absolute Gasteiger partial charge is 0.376 e. The van der Waals surface area contributed by atoms with Crippen molar-refractivity contribution in [1.29, 1.82) is 0 Å². The van der Waals surface area contributed by atoms with E-state index in [0.717, 1.165) is 18.5 Å². The molecule has 1 aliphatic rings. The summed E-state index contributed by atoms with van der Waals surface area (Å²) in [6.07, 6.45) is 1.67. The Hall–Kier alpha value is -1.36. The van der Waals surface area contributed by atoms with Gasteiger partial charge in [0, 0.05) is 24.3 Å². The Morgan fingerprint density at radius 3 is 2.26 bits per heavy atom. The molecule has 0 unspecified atom stereocenters. The SMILES string of the molecule is C=C(N[C@H](C(=O)N1CCC[C@H]1C(C)=O)C(C)C)[C@H](C)NC(C)C. The van der Waals surface area contributed by atoms with E-state index in [2.05, 4.69) is 31.1 Å². The molecule has 0 bridgehead atoms. The van der Waals surface area contributed by atoms with E-state index in [9.17, 15) is 9.59 Å². The summed E-state index contributed by atoms with van der Waals surface area (Å²) >= 11 is 0. The molecule has 5 nitrogen and oxygen atoms in total. The Kier molecular flexibility index (Phi) is 7.26. The summed E-state index contributed by atoms with van der Waals surface area (Å²) in [5.74, 6) is 0.210. The zero-order valence-electron chi connectivity index (χ0n) is 15.5. The fourth-order valence-electron chi connectivity index (χ4n) is 3.07. The number of nitrogens with zero attached hydrogens (tertiary/aromatic N) is 1. The average molecular weight is 323 g/mol. The van der Waals surface area contributed by atoms with Gasteiger partial charge in [0.15, 0.2) is 5.78 Å². The lowest BCUT2D eigenvalue weighted by Gasteiger charge is -2.32. The monoisotopic (exact) mass is 323 g/mol. The number of hydrogen-bond acceptors (Lipinski definition) is 4. The van der Waals surface area contributed by atoms with Crippen LogP contribution in [0.1, 0.15) is 54.4 Å². The fraction of sp³-hybridized carbons (Fsp3) is 0.778. The minimum Gasteiger partial charge on any atom is -0.376 e. The van der Waals surface area contributed by atoms with Gasteiger partial charge in [0.05, 0.1) is 6.04 Å². The van der Waals surface area contributed by atoms with Crippen LogP contribution < -0.4 is 10.6 Å². The standard InChI is InChI=1S/C18H33N3O2/c1-11(2)17(20-14(6)13(5)19-12(3)4)18(23)21-10-8-9-16(21)15(7)22/h11-13,16-17,19-20H,6,8-10H2,1-5,7H3/t13-,16-,17-/m0/s1. The molecule has 0 aromatic heterocycles. The predicted octanol–water partition coefficient (Wildman–Crippen LogP) is 2.08. The van der Waals surface area contributed by atoms with Crippen LogP contribution in [0.15, 0.2) is 12.3 Å². The molecule has 1 rings (SSSR count). The van der Waals surface area contributed by atoms with Gasteiger partial charge in [-0.1, -0.05) is 34.3 Å². The molecule has 0 aromatic carbocycles. The lowest BCUT2D eigenvalue weighted by Crippen LogP contribution is -2.53. The van der Waals surface area contributed by atoms with Crippen LogP contribution in [0, 0.1) is 5.92 Å². The van der Waals surface area contributed by atoms with E-state index in [1.54, 1.807) is 11.8 Å². The molecule has 23 heavy (non-hydrogen) atoms.